The average Bonchev–Trinajstić information content (AvgIpc) is 2.17. The zero-order chi connectivity index (χ0) is 8.97. The predicted octanol–water partition coefficient (Wildman–Crippen LogP) is 1.99. The summed E-state index contributed by atoms with van der Waals surface area (Å²) < 4.78 is 0. The second kappa shape index (κ2) is 3.94. The number of terminal acetylenes is 1. The summed E-state index contributed by atoms with van der Waals surface area (Å²) in [6.45, 7) is 1.83. The van der Waals surface area contributed by atoms with Crippen LogP contribution in [0.2, 0.25) is 0 Å². The molecule has 2 atom stereocenters. The Hall–Kier alpha value is -1.26. The highest BCUT2D eigenvalue weighted by atomic mass is 16.3. The molecule has 0 aromatic heterocycles. The van der Waals surface area contributed by atoms with E-state index in [0.717, 1.165) is 5.56 Å². The summed E-state index contributed by atoms with van der Waals surface area (Å²) in [7, 11) is 0. The lowest BCUT2D eigenvalue weighted by Crippen LogP contribution is -2.06. The summed E-state index contributed by atoms with van der Waals surface area (Å²) in [5, 5.41) is 9.65. The van der Waals surface area contributed by atoms with Crippen LogP contribution in [0.15, 0.2) is 30.3 Å². The van der Waals surface area contributed by atoms with Crippen molar-refractivity contribution in [3.8, 4) is 12.3 Å². The van der Waals surface area contributed by atoms with Gasteiger partial charge in [0, 0.05) is 5.92 Å². The van der Waals surface area contributed by atoms with Gasteiger partial charge in [-0.2, -0.15) is 0 Å². The maximum atomic E-state index is 9.65. The minimum atomic E-state index is -0.545. The van der Waals surface area contributed by atoms with E-state index in [9.17, 15) is 5.11 Å². The lowest BCUT2D eigenvalue weighted by Gasteiger charge is -2.13. The second-order valence-corrected chi connectivity index (χ2v) is 2.81. The van der Waals surface area contributed by atoms with Crippen molar-refractivity contribution in [3.63, 3.8) is 0 Å². The van der Waals surface area contributed by atoms with Crippen LogP contribution in [-0.2, 0) is 0 Å². The number of aliphatic hydroxyl groups excluding tert-OH is 1. The zero-order valence-corrected chi connectivity index (χ0v) is 7.07. The van der Waals surface area contributed by atoms with Crippen molar-refractivity contribution >= 4 is 0 Å². The van der Waals surface area contributed by atoms with E-state index in [1.54, 1.807) is 0 Å². The minimum Gasteiger partial charge on any atom is -0.387 e. The van der Waals surface area contributed by atoms with Gasteiger partial charge in [-0.25, -0.2) is 0 Å². The van der Waals surface area contributed by atoms with Gasteiger partial charge in [0.25, 0.3) is 0 Å². The molecular formula is C11H12O. The fraction of sp³-hybridized carbons (Fsp3) is 0.273. The van der Waals surface area contributed by atoms with Crippen LogP contribution in [0.25, 0.3) is 0 Å². The average molecular weight is 160 g/mol. The van der Waals surface area contributed by atoms with Gasteiger partial charge in [0.05, 0.1) is 6.10 Å². The maximum absolute atomic E-state index is 9.65. The second-order valence-electron chi connectivity index (χ2n) is 2.81. The first kappa shape index (κ1) is 8.83. The molecule has 0 aliphatic heterocycles. The number of hydrogen-bond donors (Lipinski definition) is 1. The van der Waals surface area contributed by atoms with Crippen LogP contribution in [0.3, 0.4) is 0 Å². The molecule has 1 heteroatoms. The number of rotatable bonds is 2. The molecule has 0 unspecified atom stereocenters. The van der Waals surface area contributed by atoms with Gasteiger partial charge in [-0.1, -0.05) is 30.3 Å². The topological polar surface area (TPSA) is 20.2 Å². The fourth-order valence-electron chi connectivity index (χ4n) is 1.03. The van der Waals surface area contributed by atoms with E-state index in [0.29, 0.717) is 0 Å². The molecule has 0 radical (unpaired) electrons. The van der Waals surface area contributed by atoms with E-state index in [1.807, 2.05) is 37.3 Å². The molecule has 1 nitrogen and oxygen atoms in total. The first-order valence-electron chi connectivity index (χ1n) is 3.95. The maximum Gasteiger partial charge on any atom is 0.0924 e. The molecule has 0 heterocycles. The van der Waals surface area contributed by atoms with Crippen LogP contribution in [0.1, 0.15) is 18.6 Å². The van der Waals surface area contributed by atoms with Gasteiger partial charge >= 0.3 is 0 Å². The fourth-order valence-corrected chi connectivity index (χ4v) is 1.03. The quantitative estimate of drug-likeness (QED) is 0.656. The summed E-state index contributed by atoms with van der Waals surface area (Å²) in [5.74, 6) is 2.38. The van der Waals surface area contributed by atoms with Crippen LogP contribution in [-0.4, -0.2) is 5.11 Å². The molecule has 0 saturated heterocycles. The number of hydrogen-bond acceptors (Lipinski definition) is 1. The molecule has 1 aromatic carbocycles. The molecule has 1 rings (SSSR count). The Labute approximate surface area is 73.0 Å². The normalized spacial score (nSPS) is 14.8. The molecule has 0 aliphatic rings. The van der Waals surface area contributed by atoms with E-state index in [1.165, 1.54) is 0 Å². The van der Waals surface area contributed by atoms with Crippen molar-refractivity contribution in [2.24, 2.45) is 5.92 Å². The zero-order valence-electron chi connectivity index (χ0n) is 7.07. The minimum absolute atomic E-state index is 0.132. The van der Waals surface area contributed by atoms with Crippen LogP contribution in [0.5, 0.6) is 0 Å². The van der Waals surface area contributed by atoms with Gasteiger partial charge in [-0.3, -0.25) is 0 Å². The molecule has 1 N–H and O–H groups in total. The van der Waals surface area contributed by atoms with E-state index in [-0.39, 0.29) is 5.92 Å². The molecule has 1 aromatic rings. The Morgan fingerprint density at radius 1 is 1.33 bits per heavy atom. The number of aliphatic hydroxyl groups is 1. The third kappa shape index (κ3) is 1.87. The molecule has 0 fully saturated rings. The standard InChI is InChI=1S/C11H12O/c1-3-9(2)11(12)10-7-5-4-6-8-10/h1,4-9,11-12H,2H3/t9-,11-/m1/s1. The van der Waals surface area contributed by atoms with E-state index in [2.05, 4.69) is 5.92 Å². The highest BCUT2D eigenvalue weighted by Gasteiger charge is 2.12. The SMILES string of the molecule is C#C[C@@H](C)[C@@H](O)c1ccccc1. The summed E-state index contributed by atoms with van der Waals surface area (Å²) in [5.41, 5.74) is 0.878. The highest BCUT2D eigenvalue weighted by Crippen LogP contribution is 2.20. The smallest absolute Gasteiger partial charge is 0.0924 e. The molecule has 0 bridgehead atoms. The lowest BCUT2D eigenvalue weighted by atomic mass is 9.98. The third-order valence-electron chi connectivity index (χ3n) is 1.88. The monoisotopic (exact) mass is 160 g/mol. The number of benzene rings is 1. The van der Waals surface area contributed by atoms with Crippen molar-refractivity contribution < 1.29 is 5.11 Å². The van der Waals surface area contributed by atoms with Crippen molar-refractivity contribution in [3.05, 3.63) is 35.9 Å². The van der Waals surface area contributed by atoms with Gasteiger partial charge < -0.3 is 5.11 Å². The molecule has 0 saturated carbocycles. The first-order chi connectivity index (χ1) is 5.75. The van der Waals surface area contributed by atoms with Gasteiger partial charge in [-0.15, -0.1) is 12.3 Å². The molecule has 0 spiro atoms. The predicted molar refractivity (Wildman–Crippen MR) is 49.4 cm³/mol. The summed E-state index contributed by atoms with van der Waals surface area (Å²) >= 11 is 0. The van der Waals surface area contributed by atoms with E-state index >= 15 is 0 Å². The first-order valence-corrected chi connectivity index (χ1v) is 3.95. The Balaban J connectivity index is 2.80. The van der Waals surface area contributed by atoms with Crippen molar-refractivity contribution in [2.75, 3.05) is 0 Å². The Kier molecular flexibility index (Phi) is 2.90. The van der Waals surface area contributed by atoms with Crippen molar-refractivity contribution in [1.82, 2.24) is 0 Å². The lowest BCUT2D eigenvalue weighted by molar-refractivity contribution is 0.144. The van der Waals surface area contributed by atoms with Gasteiger partial charge in [0.2, 0.25) is 0 Å². The Bertz CT molecular complexity index is 271. The molecular weight excluding hydrogens is 148 g/mol. The van der Waals surface area contributed by atoms with Crippen LogP contribution in [0, 0.1) is 18.3 Å². The largest absolute Gasteiger partial charge is 0.387 e. The van der Waals surface area contributed by atoms with Crippen LogP contribution in [0.4, 0.5) is 0 Å². The van der Waals surface area contributed by atoms with Crippen LogP contribution >= 0.6 is 0 Å². The van der Waals surface area contributed by atoms with Crippen molar-refractivity contribution in [2.45, 2.75) is 13.0 Å². The van der Waals surface area contributed by atoms with E-state index in [4.69, 9.17) is 6.42 Å². The molecule has 12 heavy (non-hydrogen) atoms. The van der Waals surface area contributed by atoms with Gasteiger partial charge in [0.15, 0.2) is 0 Å². The summed E-state index contributed by atoms with van der Waals surface area (Å²) in [6.07, 6.45) is 4.66. The summed E-state index contributed by atoms with van der Waals surface area (Å²) in [4.78, 5) is 0. The Morgan fingerprint density at radius 3 is 2.42 bits per heavy atom. The molecule has 0 amide bonds. The summed E-state index contributed by atoms with van der Waals surface area (Å²) in [6, 6.07) is 9.44. The Morgan fingerprint density at radius 2 is 1.92 bits per heavy atom. The third-order valence-corrected chi connectivity index (χ3v) is 1.88. The van der Waals surface area contributed by atoms with Gasteiger partial charge in [0.1, 0.15) is 0 Å². The van der Waals surface area contributed by atoms with Crippen molar-refractivity contribution in [1.29, 1.82) is 0 Å². The molecule has 0 aliphatic carbocycles. The van der Waals surface area contributed by atoms with Crippen LogP contribution < -0.4 is 0 Å². The van der Waals surface area contributed by atoms with Gasteiger partial charge in [-0.05, 0) is 12.5 Å². The molecule has 62 valence electrons. The van der Waals surface area contributed by atoms with E-state index < -0.39 is 6.10 Å². The highest BCUT2D eigenvalue weighted by molar-refractivity contribution is 5.19.